The smallest absolute Gasteiger partial charge is 0.191 e. The average molecular weight is 350 g/mol. The van der Waals surface area contributed by atoms with Gasteiger partial charge in [0.25, 0.3) is 0 Å². The highest BCUT2D eigenvalue weighted by Crippen LogP contribution is 2.23. The minimum atomic E-state index is 0.121. The van der Waals surface area contributed by atoms with Crippen LogP contribution in [0.25, 0.3) is 0 Å². The Morgan fingerprint density at radius 2 is 2.20 bits per heavy atom. The van der Waals surface area contributed by atoms with Gasteiger partial charge in [0.1, 0.15) is 12.2 Å². The Hall–Kier alpha value is -1.63. The second kappa shape index (κ2) is 9.17. The van der Waals surface area contributed by atoms with Gasteiger partial charge in [-0.2, -0.15) is 0 Å². The predicted molar refractivity (Wildman–Crippen MR) is 103 cm³/mol. The number of piperidine rings is 1. The van der Waals surface area contributed by atoms with Crippen LogP contribution in [0.5, 0.6) is 0 Å². The van der Waals surface area contributed by atoms with Crippen molar-refractivity contribution in [3.63, 3.8) is 0 Å². The predicted octanol–water partition coefficient (Wildman–Crippen LogP) is 1.52. The number of hydrogen-bond donors (Lipinski definition) is 2. The van der Waals surface area contributed by atoms with Gasteiger partial charge in [-0.1, -0.05) is 13.8 Å². The maximum atomic E-state index is 4.35. The van der Waals surface area contributed by atoms with E-state index in [4.69, 9.17) is 0 Å². The van der Waals surface area contributed by atoms with Crippen LogP contribution in [-0.4, -0.2) is 64.4 Å². The van der Waals surface area contributed by atoms with Gasteiger partial charge < -0.3 is 15.2 Å². The lowest BCUT2D eigenvalue weighted by Crippen LogP contribution is -2.56. The van der Waals surface area contributed by atoms with E-state index < -0.39 is 0 Å². The average Bonchev–Trinajstić information content (AvgIpc) is 3.05. The number of rotatable bonds is 7. The van der Waals surface area contributed by atoms with Crippen LogP contribution in [0, 0.1) is 5.92 Å². The Kier molecular flexibility index (Phi) is 7.23. The molecular formula is C18H35N7. The molecule has 0 saturated carbocycles. The van der Waals surface area contributed by atoms with Crippen LogP contribution < -0.4 is 10.6 Å². The molecule has 0 bridgehead atoms. The molecular weight excluding hydrogens is 314 g/mol. The van der Waals surface area contributed by atoms with Crippen LogP contribution in [0.15, 0.2) is 11.3 Å². The Morgan fingerprint density at radius 1 is 1.40 bits per heavy atom. The zero-order chi connectivity index (χ0) is 18.3. The molecule has 7 nitrogen and oxygen atoms in total. The third-order valence-electron chi connectivity index (χ3n) is 5.08. The van der Waals surface area contributed by atoms with E-state index in [1.165, 1.54) is 25.9 Å². The number of nitrogens with one attached hydrogen (secondary N) is 2. The molecule has 7 heteroatoms. The highest BCUT2D eigenvalue weighted by Gasteiger charge is 2.30. The van der Waals surface area contributed by atoms with Crippen molar-refractivity contribution >= 4 is 5.96 Å². The highest BCUT2D eigenvalue weighted by molar-refractivity contribution is 5.79. The molecule has 1 aliphatic heterocycles. The molecule has 0 spiro atoms. The fraction of sp³-hybridized carbons (Fsp3) is 0.833. The molecule has 0 radical (unpaired) electrons. The number of hydrogen-bond acceptors (Lipinski definition) is 4. The summed E-state index contributed by atoms with van der Waals surface area (Å²) in [6.07, 6.45) is 5.34. The number of likely N-dealkylation sites (tertiary alicyclic amines) is 1. The maximum Gasteiger partial charge on any atom is 0.191 e. The van der Waals surface area contributed by atoms with E-state index >= 15 is 0 Å². The van der Waals surface area contributed by atoms with Crippen molar-refractivity contribution in [2.24, 2.45) is 10.9 Å². The van der Waals surface area contributed by atoms with E-state index in [1.807, 2.05) is 7.05 Å². The Morgan fingerprint density at radius 3 is 2.88 bits per heavy atom. The Labute approximate surface area is 152 Å². The number of aromatic nitrogens is 3. The fourth-order valence-corrected chi connectivity index (χ4v) is 3.41. The van der Waals surface area contributed by atoms with E-state index in [-0.39, 0.29) is 5.54 Å². The van der Waals surface area contributed by atoms with Gasteiger partial charge >= 0.3 is 0 Å². The van der Waals surface area contributed by atoms with Crippen LogP contribution in [0.2, 0.25) is 0 Å². The van der Waals surface area contributed by atoms with E-state index in [0.717, 1.165) is 43.8 Å². The van der Waals surface area contributed by atoms with Gasteiger partial charge in [-0.3, -0.25) is 9.89 Å². The standard InChI is InChI=1S/C18H35N7/c1-6-16-23-22-14-24(16)11-9-20-17(19-5)21-13-18(3,4)25-10-7-8-15(2)12-25/h14-15H,6-13H2,1-5H3,(H2,19,20,21). The first-order chi connectivity index (χ1) is 12.0. The summed E-state index contributed by atoms with van der Waals surface area (Å²) >= 11 is 0. The van der Waals surface area contributed by atoms with Crippen LogP contribution in [0.3, 0.4) is 0 Å². The first kappa shape index (κ1) is 19.7. The third-order valence-corrected chi connectivity index (χ3v) is 5.08. The lowest BCUT2D eigenvalue weighted by Gasteiger charge is -2.43. The Balaban J connectivity index is 1.77. The second-order valence-electron chi connectivity index (χ2n) is 7.65. The van der Waals surface area contributed by atoms with Crippen molar-refractivity contribution in [3.05, 3.63) is 12.2 Å². The first-order valence-electron chi connectivity index (χ1n) is 9.52. The lowest BCUT2D eigenvalue weighted by atomic mass is 9.93. The summed E-state index contributed by atoms with van der Waals surface area (Å²) in [5.41, 5.74) is 0.121. The summed E-state index contributed by atoms with van der Waals surface area (Å²) in [4.78, 5) is 6.95. The van der Waals surface area contributed by atoms with Crippen molar-refractivity contribution in [1.82, 2.24) is 30.3 Å². The van der Waals surface area contributed by atoms with Crippen molar-refractivity contribution in [3.8, 4) is 0 Å². The molecule has 1 fully saturated rings. The van der Waals surface area contributed by atoms with Gasteiger partial charge in [0.2, 0.25) is 0 Å². The molecule has 2 N–H and O–H groups in total. The van der Waals surface area contributed by atoms with Crippen LogP contribution >= 0.6 is 0 Å². The molecule has 1 aliphatic rings. The summed E-state index contributed by atoms with van der Waals surface area (Å²) < 4.78 is 2.08. The molecule has 0 aromatic carbocycles. The monoisotopic (exact) mass is 349 g/mol. The van der Waals surface area contributed by atoms with Gasteiger partial charge in [-0.15, -0.1) is 10.2 Å². The van der Waals surface area contributed by atoms with Crippen LogP contribution in [0.1, 0.15) is 46.4 Å². The quantitative estimate of drug-likeness (QED) is 0.577. The topological polar surface area (TPSA) is 70.4 Å². The molecule has 1 saturated heterocycles. The summed E-state index contributed by atoms with van der Waals surface area (Å²) in [7, 11) is 1.82. The van der Waals surface area contributed by atoms with Gasteiger partial charge in [0.15, 0.2) is 5.96 Å². The molecule has 0 aliphatic carbocycles. The van der Waals surface area contributed by atoms with E-state index in [1.54, 1.807) is 6.33 Å². The molecule has 1 unspecified atom stereocenters. The SMILES string of the molecule is CCc1nncn1CCNC(=NC)NCC(C)(C)N1CCCC(C)C1. The second-order valence-corrected chi connectivity index (χ2v) is 7.65. The zero-order valence-corrected chi connectivity index (χ0v) is 16.5. The maximum absolute atomic E-state index is 4.35. The zero-order valence-electron chi connectivity index (χ0n) is 16.5. The van der Waals surface area contributed by atoms with Gasteiger partial charge in [0.05, 0.1) is 0 Å². The summed E-state index contributed by atoms with van der Waals surface area (Å²) in [6.45, 7) is 14.0. The van der Waals surface area contributed by atoms with Gasteiger partial charge in [0, 0.05) is 45.2 Å². The number of nitrogens with zero attached hydrogens (tertiary/aromatic N) is 5. The van der Waals surface area contributed by atoms with E-state index in [0.29, 0.717) is 0 Å². The third kappa shape index (κ3) is 5.70. The number of aryl methyl sites for hydroxylation is 1. The molecule has 1 atom stereocenters. The van der Waals surface area contributed by atoms with E-state index in [2.05, 4.69) is 63.0 Å². The molecule has 1 aromatic heterocycles. The van der Waals surface area contributed by atoms with Crippen molar-refractivity contribution in [1.29, 1.82) is 0 Å². The lowest BCUT2D eigenvalue weighted by molar-refractivity contribution is 0.0739. The molecule has 2 rings (SSSR count). The molecule has 0 amide bonds. The van der Waals surface area contributed by atoms with Gasteiger partial charge in [-0.25, -0.2) is 0 Å². The number of guanidine groups is 1. The summed E-state index contributed by atoms with van der Waals surface area (Å²) in [5.74, 6) is 2.66. The van der Waals surface area contributed by atoms with Crippen LogP contribution in [-0.2, 0) is 13.0 Å². The van der Waals surface area contributed by atoms with Crippen molar-refractivity contribution < 1.29 is 0 Å². The largest absolute Gasteiger partial charge is 0.355 e. The molecule has 1 aromatic rings. The first-order valence-corrected chi connectivity index (χ1v) is 9.52. The summed E-state index contributed by atoms with van der Waals surface area (Å²) in [6, 6.07) is 0. The van der Waals surface area contributed by atoms with Crippen LogP contribution in [0.4, 0.5) is 0 Å². The molecule has 25 heavy (non-hydrogen) atoms. The molecule has 142 valence electrons. The minimum absolute atomic E-state index is 0.121. The van der Waals surface area contributed by atoms with Crippen molar-refractivity contribution in [2.45, 2.75) is 59.0 Å². The Bertz CT molecular complexity index is 549. The van der Waals surface area contributed by atoms with Crippen molar-refractivity contribution in [2.75, 3.05) is 33.2 Å². The molecule has 2 heterocycles. The normalized spacial score (nSPS) is 19.9. The minimum Gasteiger partial charge on any atom is -0.355 e. The highest BCUT2D eigenvalue weighted by atomic mass is 15.3. The summed E-state index contributed by atoms with van der Waals surface area (Å²) in [5, 5.41) is 15.0. The fourth-order valence-electron chi connectivity index (χ4n) is 3.41. The number of aliphatic imine (C=N–C) groups is 1. The van der Waals surface area contributed by atoms with E-state index in [9.17, 15) is 0 Å². The van der Waals surface area contributed by atoms with Gasteiger partial charge in [-0.05, 0) is 39.2 Å².